The number of ether oxygens (including phenoxy) is 1. The van der Waals surface area contributed by atoms with Crippen molar-refractivity contribution in [3.8, 4) is 0 Å². The number of hydrogen-bond acceptors (Lipinski definition) is 1. The van der Waals surface area contributed by atoms with E-state index in [0.717, 1.165) is 6.61 Å². The first-order chi connectivity index (χ1) is 3.41. The van der Waals surface area contributed by atoms with Crippen molar-refractivity contribution in [2.75, 3.05) is 13.2 Å². The predicted octanol–water partition coefficient (Wildman–Crippen LogP) is 1.41. The van der Waals surface area contributed by atoms with Gasteiger partial charge in [0.15, 0.2) is 0 Å². The van der Waals surface area contributed by atoms with Crippen LogP contribution in [-0.4, -0.2) is 13.2 Å². The van der Waals surface area contributed by atoms with E-state index in [4.69, 9.17) is 4.74 Å². The summed E-state index contributed by atoms with van der Waals surface area (Å²) in [5.74, 6) is 0. The molecular weight excluding hydrogens is 88.1 g/mol. The Hall–Kier alpha value is -0.300. The van der Waals surface area contributed by atoms with Gasteiger partial charge in [0.25, 0.3) is 0 Å². The summed E-state index contributed by atoms with van der Waals surface area (Å²) >= 11 is 0. The summed E-state index contributed by atoms with van der Waals surface area (Å²) in [6, 6.07) is 0. The van der Waals surface area contributed by atoms with Gasteiger partial charge in [0.05, 0.1) is 6.61 Å². The third-order valence-electron chi connectivity index (χ3n) is 0.585. The molecule has 1 radical (unpaired) electrons. The molecule has 0 heterocycles. The number of hydrogen-bond donors (Lipinski definition) is 0. The van der Waals surface area contributed by atoms with Crippen LogP contribution in [0.2, 0.25) is 0 Å². The lowest BCUT2D eigenvalue weighted by Crippen LogP contribution is -1.90. The summed E-state index contributed by atoms with van der Waals surface area (Å²) in [6.45, 7) is 6.94. The molecule has 41 valence electrons. The second-order valence-corrected chi connectivity index (χ2v) is 1.13. The summed E-state index contributed by atoms with van der Waals surface area (Å²) in [7, 11) is 0. The predicted molar refractivity (Wildman–Crippen MR) is 31.0 cm³/mol. The second kappa shape index (κ2) is 5.70. The molecule has 0 unspecified atom stereocenters. The molecule has 0 atom stereocenters. The molecule has 0 aliphatic heterocycles. The van der Waals surface area contributed by atoms with Crippen LogP contribution in [0.1, 0.15) is 6.92 Å². The second-order valence-electron chi connectivity index (χ2n) is 1.13. The summed E-state index contributed by atoms with van der Waals surface area (Å²) in [6.07, 6.45) is 3.61. The van der Waals surface area contributed by atoms with Crippen molar-refractivity contribution in [2.24, 2.45) is 0 Å². The summed E-state index contributed by atoms with van der Waals surface area (Å²) < 4.78 is 4.95. The molecule has 0 N–H and O–H groups in total. The van der Waals surface area contributed by atoms with Crippen molar-refractivity contribution < 1.29 is 4.74 Å². The van der Waals surface area contributed by atoms with E-state index in [0.29, 0.717) is 6.61 Å². The van der Waals surface area contributed by atoms with Crippen LogP contribution in [0.15, 0.2) is 12.7 Å². The third kappa shape index (κ3) is 5.70. The molecular formula is C6H11O. The van der Waals surface area contributed by atoms with Crippen molar-refractivity contribution in [3.05, 3.63) is 19.1 Å². The molecule has 1 heteroatoms. The van der Waals surface area contributed by atoms with Crippen LogP contribution in [0, 0.1) is 6.42 Å². The fourth-order valence-corrected chi connectivity index (χ4v) is 0.254. The van der Waals surface area contributed by atoms with Crippen LogP contribution < -0.4 is 0 Å². The first kappa shape index (κ1) is 6.70. The zero-order chi connectivity index (χ0) is 5.54. The van der Waals surface area contributed by atoms with Gasteiger partial charge in [0, 0.05) is 13.0 Å². The monoisotopic (exact) mass is 99.1 g/mol. The fourth-order valence-electron chi connectivity index (χ4n) is 0.254. The zero-order valence-electron chi connectivity index (χ0n) is 4.68. The Morgan fingerprint density at radius 1 is 1.71 bits per heavy atom. The van der Waals surface area contributed by atoms with Crippen LogP contribution in [0.3, 0.4) is 0 Å². The van der Waals surface area contributed by atoms with Gasteiger partial charge >= 0.3 is 0 Å². The minimum absolute atomic E-state index is 0.694. The minimum Gasteiger partial charge on any atom is -0.381 e. The lowest BCUT2D eigenvalue weighted by Gasteiger charge is -1.92. The standard InChI is InChI=1S/C6H11O/c1-3-5-6-7-4-2/h3,5H,1,4,6H2,2H3. The van der Waals surface area contributed by atoms with Gasteiger partial charge in [-0.1, -0.05) is 6.08 Å². The Morgan fingerprint density at radius 3 is 2.86 bits per heavy atom. The Bertz CT molecular complexity index is 41.4. The van der Waals surface area contributed by atoms with E-state index < -0.39 is 0 Å². The third-order valence-corrected chi connectivity index (χ3v) is 0.585. The van der Waals surface area contributed by atoms with Crippen molar-refractivity contribution in [3.63, 3.8) is 0 Å². The van der Waals surface area contributed by atoms with Gasteiger partial charge in [0.1, 0.15) is 0 Å². The lowest BCUT2D eigenvalue weighted by atomic mass is 10.5. The SMILES string of the molecule is C=C[CH]COCC. The summed E-state index contributed by atoms with van der Waals surface area (Å²) in [5, 5.41) is 0. The van der Waals surface area contributed by atoms with Crippen molar-refractivity contribution >= 4 is 0 Å². The van der Waals surface area contributed by atoms with E-state index >= 15 is 0 Å². The Kier molecular flexibility index (Phi) is 5.46. The molecule has 7 heavy (non-hydrogen) atoms. The van der Waals surface area contributed by atoms with Crippen molar-refractivity contribution in [1.29, 1.82) is 0 Å². The normalized spacial score (nSPS) is 8.71. The minimum atomic E-state index is 0.694. The molecule has 0 saturated heterocycles. The van der Waals surface area contributed by atoms with Gasteiger partial charge in [-0.25, -0.2) is 0 Å². The van der Waals surface area contributed by atoms with Crippen LogP contribution >= 0.6 is 0 Å². The number of rotatable bonds is 4. The largest absolute Gasteiger partial charge is 0.381 e. The van der Waals surface area contributed by atoms with Crippen molar-refractivity contribution in [1.82, 2.24) is 0 Å². The van der Waals surface area contributed by atoms with Gasteiger partial charge in [-0.15, -0.1) is 6.58 Å². The Morgan fingerprint density at radius 2 is 2.43 bits per heavy atom. The molecule has 0 bridgehead atoms. The van der Waals surface area contributed by atoms with E-state index in [9.17, 15) is 0 Å². The summed E-state index contributed by atoms with van der Waals surface area (Å²) in [5.41, 5.74) is 0. The molecule has 1 nitrogen and oxygen atoms in total. The van der Waals surface area contributed by atoms with Gasteiger partial charge in [-0.05, 0) is 6.92 Å². The smallest absolute Gasteiger partial charge is 0.0535 e. The maximum atomic E-state index is 4.95. The highest BCUT2D eigenvalue weighted by Gasteiger charge is 1.75. The highest BCUT2D eigenvalue weighted by atomic mass is 16.5. The lowest BCUT2D eigenvalue weighted by molar-refractivity contribution is 0.171. The molecule has 0 aliphatic carbocycles. The average Bonchev–Trinajstić information content (AvgIpc) is 1.69. The maximum absolute atomic E-state index is 4.95. The first-order valence-corrected chi connectivity index (χ1v) is 2.43. The van der Waals surface area contributed by atoms with Crippen LogP contribution in [-0.2, 0) is 4.74 Å². The highest BCUT2D eigenvalue weighted by molar-refractivity contribution is 4.85. The van der Waals surface area contributed by atoms with E-state index in [-0.39, 0.29) is 0 Å². The van der Waals surface area contributed by atoms with Crippen LogP contribution in [0.25, 0.3) is 0 Å². The quantitative estimate of drug-likeness (QED) is 0.484. The topological polar surface area (TPSA) is 9.23 Å². The van der Waals surface area contributed by atoms with Gasteiger partial charge in [-0.2, -0.15) is 0 Å². The summed E-state index contributed by atoms with van der Waals surface area (Å²) in [4.78, 5) is 0. The first-order valence-electron chi connectivity index (χ1n) is 2.43. The average molecular weight is 99.2 g/mol. The van der Waals surface area contributed by atoms with Gasteiger partial charge < -0.3 is 4.74 Å². The molecule has 0 aromatic heterocycles. The molecule has 0 fully saturated rings. The zero-order valence-corrected chi connectivity index (χ0v) is 4.68. The molecule has 0 amide bonds. The molecule has 0 aromatic rings. The Labute approximate surface area is 45.0 Å². The van der Waals surface area contributed by atoms with Gasteiger partial charge in [-0.3, -0.25) is 0 Å². The maximum Gasteiger partial charge on any atom is 0.0535 e. The molecule has 0 spiro atoms. The molecule has 0 aliphatic rings. The van der Waals surface area contributed by atoms with E-state index in [2.05, 4.69) is 6.58 Å². The Balaban J connectivity index is 2.56. The highest BCUT2D eigenvalue weighted by Crippen LogP contribution is 1.78. The van der Waals surface area contributed by atoms with Crippen LogP contribution in [0.4, 0.5) is 0 Å². The molecule has 0 aromatic carbocycles. The van der Waals surface area contributed by atoms with E-state index in [1.54, 1.807) is 6.08 Å². The van der Waals surface area contributed by atoms with E-state index in [1.807, 2.05) is 13.3 Å². The van der Waals surface area contributed by atoms with Crippen molar-refractivity contribution in [2.45, 2.75) is 6.92 Å². The van der Waals surface area contributed by atoms with Gasteiger partial charge in [0.2, 0.25) is 0 Å². The fraction of sp³-hybridized carbons (Fsp3) is 0.500. The van der Waals surface area contributed by atoms with Crippen LogP contribution in [0.5, 0.6) is 0 Å². The molecule has 0 rings (SSSR count). The van der Waals surface area contributed by atoms with E-state index in [1.165, 1.54) is 0 Å². The molecule has 0 saturated carbocycles.